The van der Waals surface area contributed by atoms with Gasteiger partial charge >= 0.3 is 6.09 Å². The number of aryl methyl sites for hydroxylation is 1. The summed E-state index contributed by atoms with van der Waals surface area (Å²) in [6.45, 7) is 0.440. The molecule has 0 bridgehead atoms. The maximum Gasteiger partial charge on any atom is 0.407 e. The quantitative estimate of drug-likeness (QED) is 0.926. The van der Waals surface area contributed by atoms with Gasteiger partial charge in [-0.3, -0.25) is 4.98 Å². The van der Waals surface area contributed by atoms with Crippen LogP contribution < -0.4 is 10.1 Å². The molecule has 1 amide bonds. The Morgan fingerprint density at radius 1 is 1.35 bits per heavy atom. The van der Waals surface area contributed by atoms with Crippen LogP contribution in [0.25, 0.3) is 11.1 Å². The average Bonchev–Trinajstić information content (AvgIpc) is 2.94. The summed E-state index contributed by atoms with van der Waals surface area (Å²) in [6.07, 6.45) is 5.86. The number of pyridine rings is 1. The van der Waals surface area contributed by atoms with Crippen LogP contribution in [0.3, 0.4) is 0 Å². The summed E-state index contributed by atoms with van der Waals surface area (Å²) in [4.78, 5) is 15.8. The maximum atomic E-state index is 11.5. The number of carbonyl (C=O) groups excluding carboxylic acids is 1. The first kappa shape index (κ1) is 14.1. The smallest absolute Gasteiger partial charge is 0.407 e. The number of rotatable bonds is 2. The fourth-order valence-corrected chi connectivity index (χ4v) is 3.55. The highest BCUT2D eigenvalue weighted by Crippen LogP contribution is 2.37. The molecule has 0 radical (unpaired) electrons. The Hall–Kier alpha value is -2.56. The molecule has 0 saturated carbocycles. The monoisotopic (exact) mass is 310 g/mol. The standard InChI is InChI=1S/C18H18N2O3/c1-22-14-7-13(9-19-10-14)15-4-2-3-12-5-6-18(8-16(12)15)11-23-17(21)20-18/h2-4,7,9-10H,5-6,8,11H2,1H3,(H,20,21). The highest BCUT2D eigenvalue weighted by Gasteiger charge is 2.42. The zero-order valence-corrected chi connectivity index (χ0v) is 13.0. The number of methoxy groups -OCH3 is 1. The second-order valence-corrected chi connectivity index (χ2v) is 6.21. The van der Waals surface area contributed by atoms with Gasteiger partial charge in [-0.05, 0) is 42.0 Å². The van der Waals surface area contributed by atoms with Gasteiger partial charge in [-0.25, -0.2) is 4.79 Å². The molecule has 1 fully saturated rings. The minimum Gasteiger partial charge on any atom is -0.495 e. The number of aromatic nitrogens is 1. The van der Waals surface area contributed by atoms with Crippen molar-refractivity contribution in [3.8, 4) is 16.9 Å². The van der Waals surface area contributed by atoms with Crippen LogP contribution in [0.4, 0.5) is 4.79 Å². The van der Waals surface area contributed by atoms with Crippen LogP contribution in [0.2, 0.25) is 0 Å². The Morgan fingerprint density at radius 3 is 3.04 bits per heavy atom. The fourth-order valence-electron chi connectivity index (χ4n) is 3.55. The highest BCUT2D eigenvalue weighted by atomic mass is 16.6. The van der Waals surface area contributed by atoms with Gasteiger partial charge in [-0.2, -0.15) is 0 Å². The van der Waals surface area contributed by atoms with Gasteiger partial charge in [0.15, 0.2) is 0 Å². The number of amides is 1. The van der Waals surface area contributed by atoms with Crippen LogP contribution in [0.1, 0.15) is 17.5 Å². The summed E-state index contributed by atoms with van der Waals surface area (Å²) < 4.78 is 10.4. The Balaban J connectivity index is 1.77. The minimum atomic E-state index is -0.311. The zero-order valence-electron chi connectivity index (χ0n) is 13.0. The topological polar surface area (TPSA) is 60.5 Å². The predicted molar refractivity (Wildman–Crippen MR) is 85.5 cm³/mol. The van der Waals surface area contributed by atoms with Crippen LogP contribution in [0, 0.1) is 0 Å². The van der Waals surface area contributed by atoms with E-state index in [1.165, 1.54) is 11.1 Å². The van der Waals surface area contributed by atoms with Crippen LogP contribution in [-0.2, 0) is 17.6 Å². The number of benzene rings is 1. The van der Waals surface area contributed by atoms with Crippen molar-refractivity contribution >= 4 is 6.09 Å². The molecular weight excluding hydrogens is 292 g/mol. The Kier molecular flexibility index (Phi) is 3.22. The van der Waals surface area contributed by atoms with E-state index in [1.54, 1.807) is 13.3 Å². The number of alkyl carbamates (subject to hydrolysis) is 1. The van der Waals surface area contributed by atoms with Gasteiger partial charge in [0.1, 0.15) is 12.4 Å². The molecule has 2 aromatic rings. The van der Waals surface area contributed by atoms with E-state index in [0.717, 1.165) is 36.1 Å². The first-order valence-electron chi connectivity index (χ1n) is 7.74. The van der Waals surface area contributed by atoms with E-state index in [-0.39, 0.29) is 11.6 Å². The Morgan fingerprint density at radius 2 is 2.26 bits per heavy atom. The highest BCUT2D eigenvalue weighted by molar-refractivity contribution is 5.73. The summed E-state index contributed by atoms with van der Waals surface area (Å²) in [5, 5.41) is 3.01. The van der Waals surface area contributed by atoms with Crippen molar-refractivity contribution in [2.75, 3.05) is 13.7 Å². The van der Waals surface area contributed by atoms with Crippen molar-refractivity contribution in [1.29, 1.82) is 0 Å². The van der Waals surface area contributed by atoms with Crippen molar-refractivity contribution < 1.29 is 14.3 Å². The molecule has 1 aromatic heterocycles. The normalized spacial score (nSPS) is 22.4. The number of hydrogen-bond donors (Lipinski definition) is 1. The molecule has 1 N–H and O–H groups in total. The molecule has 1 atom stereocenters. The van der Waals surface area contributed by atoms with E-state index in [0.29, 0.717) is 6.61 Å². The lowest BCUT2D eigenvalue weighted by atomic mass is 9.76. The molecule has 1 unspecified atom stereocenters. The van der Waals surface area contributed by atoms with Gasteiger partial charge in [0.2, 0.25) is 0 Å². The molecule has 1 aliphatic carbocycles. The molecule has 5 heteroatoms. The lowest BCUT2D eigenvalue weighted by Crippen LogP contribution is -2.48. The zero-order chi connectivity index (χ0) is 15.9. The van der Waals surface area contributed by atoms with E-state index in [2.05, 4.69) is 28.5 Å². The van der Waals surface area contributed by atoms with E-state index in [4.69, 9.17) is 9.47 Å². The summed E-state index contributed by atoms with van der Waals surface area (Å²) >= 11 is 0. The third-order valence-corrected chi connectivity index (χ3v) is 4.77. The van der Waals surface area contributed by atoms with Crippen LogP contribution in [-0.4, -0.2) is 30.3 Å². The van der Waals surface area contributed by atoms with E-state index in [9.17, 15) is 4.79 Å². The number of cyclic esters (lactones) is 1. The molecule has 118 valence electrons. The van der Waals surface area contributed by atoms with E-state index >= 15 is 0 Å². The minimum absolute atomic E-state index is 0.271. The van der Waals surface area contributed by atoms with Crippen LogP contribution in [0.15, 0.2) is 36.7 Å². The largest absolute Gasteiger partial charge is 0.495 e. The molecule has 23 heavy (non-hydrogen) atoms. The second kappa shape index (κ2) is 5.26. The number of carbonyl (C=O) groups is 1. The first-order chi connectivity index (χ1) is 11.2. The first-order valence-corrected chi connectivity index (χ1v) is 7.74. The number of fused-ring (bicyclic) bond motifs is 1. The molecule has 2 heterocycles. The van der Waals surface area contributed by atoms with Crippen LogP contribution >= 0.6 is 0 Å². The number of nitrogens with one attached hydrogen (secondary N) is 1. The van der Waals surface area contributed by atoms with Crippen molar-refractivity contribution in [2.45, 2.75) is 24.8 Å². The molecule has 1 aromatic carbocycles. The second-order valence-electron chi connectivity index (χ2n) is 6.21. The van der Waals surface area contributed by atoms with Crippen molar-refractivity contribution in [3.63, 3.8) is 0 Å². The third kappa shape index (κ3) is 2.42. The van der Waals surface area contributed by atoms with Gasteiger partial charge in [0, 0.05) is 11.8 Å². The lowest BCUT2D eigenvalue weighted by Gasteiger charge is -2.33. The van der Waals surface area contributed by atoms with Crippen LogP contribution in [0.5, 0.6) is 5.75 Å². The van der Waals surface area contributed by atoms with E-state index in [1.807, 2.05) is 12.3 Å². The molecule has 5 nitrogen and oxygen atoms in total. The third-order valence-electron chi connectivity index (χ3n) is 4.77. The maximum absolute atomic E-state index is 11.5. The van der Waals surface area contributed by atoms with E-state index < -0.39 is 0 Å². The van der Waals surface area contributed by atoms with Gasteiger partial charge in [-0.1, -0.05) is 18.2 Å². The Bertz CT molecular complexity index is 775. The Labute approximate surface area is 134 Å². The molecule has 1 spiro atoms. The molecule has 1 saturated heterocycles. The summed E-state index contributed by atoms with van der Waals surface area (Å²) in [7, 11) is 1.64. The molecular formula is C18H18N2O3. The van der Waals surface area contributed by atoms with Gasteiger partial charge in [0.25, 0.3) is 0 Å². The number of ether oxygens (including phenoxy) is 2. The van der Waals surface area contributed by atoms with Gasteiger partial charge in [-0.15, -0.1) is 0 Å². The fraction of sp³-hybridized carbons (Fsp3) is 0.333. The summed E-state index contributed by atoms with van der Waals surface area (Å²) in [5.74, 6) is 0.739. The average molecular weight is 310 g/mol. The SMILES string of the molecule is COc1cncc(-c2cccc3c2CC2(CC3)COC(=O)N2)c1. The summed E-state index contributed by atoms with van der Waals surface area (Å²) in [6, 6.07) is 8.34. The van der Waals surface area contributed by atoms with Gasteiger partial charge < -0.3 is 14.8 Å². The lowest BCUT2D eigenvalue weighted by molar-refractivity contribution is 0.170. The summed E-state index contributed by atoms with van der Waals surface area (Å²) in [5.41, 5.74) is 4.50. The molecule has 4 rings (SSSR count). The molecule has 2 aliphatic rings. The predicted octanol–water partition coefficient (Wildman–Crippen LogP) is 2.72. The van der Waals surface area contributed by atoms with Crippen molar-refractivity contribution in [1.82, 2.24) is 10.3 Å². The van der Waals surface area contributed by atoms with Crippen molar-refractivity contribution in [3.05, 3.63) is 47.8 Å². The van der Waals surface area contributed by atoms with Gasteiger partial charge in [0.05, 0.1) is 18.8 Å². The number of nitrogens with zero attached hydrogens (tertiary/aromatic N) is 1. The molecule has 1 aliphatic heterocycles. The van der Waals surface area contributed by atoms with Crippen molar-refractivity contribution in [2.24, 2.45) is 0 Å². The number of hydrogen-bond acceptors (Lipinski definition) is 4.